The number of nitrogens with one attached hydrogen (secondary N) is 3. The smallest absolute Gasteiger partial charge is 0.411 e. The average Bonchev–Trinajstić information content (AvgIpc) is 2.97. The van der Waals surface area contributed by atoms with Gasteiger partial charge < -0.3 is 29.7 Å². The molecule has 0 aromatic heterocycles. The van der Waals surface area contributed by atoms with Gasteiger partial charge in [0.05, 0.1) is 25.5 Å². The molecule has 0 bridgehead atoms. The van der Waals surface area contributed by atoms with Crippen molar-refractivity contribution < 1.29 is 23.8 Å². The largest absolute Gasteiger partial charge is 0.492 e. The van der Waals surface area contributed by atoms with E-state index in [2.05, 4.69) is 36.7 Å². The summed E-state index contributed by atoms with van der Waals surface area (Å²) in [6.07, 6.45) is 0.422. The average molecular weight is 555 g/mol. The minimum Gasteiger partial charge on any atom is -0.492 e. The van der Waals surface area contributed by atoms with Gasteiger partial charge in [-0.3, -0.25) is 15.1 Å². The summed E-state index contributed by atoms with van der Waals surface area (Å²) in [5.74, 6) is 0.623. The van der Waals surface area contributed by atoms with Crippen molar-refractivity contribution in [1.29, 1.82) is 0 Å². The van der Waals surface area contributed by atoms with Crippen molar-refractivity contribution in [3.63, 3.8) is 0 Å². The predicted octanol–water partition coefficient (Wildman–Crippen LogP) is 3.30. The first-order valence-corrected chi connectivity index (χ1v) is 14.2. The minimum atomic E-state index is -0.490. The maximum absolute atomic E-state index is 12.4. The Labute approximate surface area is 236 Å². The number of urea groups is 1. The molecule has 0 unspecified atom stereocenters. The van der Waals surface area contributed by atoms with Crippen LogP contribution in [-0.2, 0) is 9.47 Å². The number of morpholine rings is 1. The molecule has 2 aliphatic heterocycles. The molecule has 2 saturated heterocycles. The molecule has 2 aromatic rings. The van der Waals surface area contributed by atoms with Crippen molar-refractivity contribution in [2.24, 2.45) is 0 Å². The number of amides is 3. The van der Waals surface area contributed by atoms with Crippen LogP contribution in [0.3, 0.4) is 0 Å². The summed E-state index contributed by atoms with van der Waals surface area (Å²) < 4.78 is 16.3. The van der Waals surface area contributed by atoms with Crippen LogP contribution in [0.1, 0.15) is 13.3 Å². The van der Waals surface area contributed by atoms with E-state index in [1.807, 2.05) is 43.3 Å². The van der Waals surface area contributed by atoms with E-state index >= 15 is 0 Å². The first kappa shape index (κ1) is 29.4. The van der Waals surface area contributed by atoms with E-state index in [-0.39, 0.29) is 6.03 Å². The molecule has 3 N–H and O–H groups in total. The Kier molecular flexibility index (Phi) is 11.7. The first-order valence-electron chi connectivity index (χ1n) is 14.2. The zero-order chi connectivity index (χ0) is 28.0. The maximum atomic E-state index is 12.4. The van der Waals surface area contributed by atoms with Gasteiger partial charge in [-0.1, -0.05) is 18.2 Å². The lowest BCUT2D eigenvalue weighted by Crippen LogP contribution is -2.47. The van der Waals surface area contributed by atoms with Crippen LogP contribution in [0.25, 0.3) is 0 Å². The summed E-state index contributed by atoms with van der Waals surface area (Å²) in [7, 11) is 0. The second-order valence-corrected chi connectivity index (χ2v) is 9.76. The summed E-state index contributed by atoms with van der Waals surface area (Å²) in [6, 6.07) is 15.1. The predicted molar refractivity (Wildman–Crippen MR) is 157 cm³/mol. The molecule has 0 spiro atoms. The highest BCUT2D eigenvalue weighted by molar-refractivity contribution is 5.89. The lowest BCUT2D eigenvalue weighted by molar-refractivity contribution is 0.0375. The fourth-order valence-electron chi connectivity index (χ4n) is 4.78. The van der Waals surface area contributed by atoms with E-state index in [1.165, 1.54) is 0 Å². The van der Waals surface area contributed by atoms with Crippen LogP contribution in [-0.4, -0.2) is 107 Å². The Morgan fingerprint density at radius 1 is 0.900 bits per heavy atom. The Morgan fingerprint density at radius 3 is 2.48 bits per heavy atom. The summed E-state index contributed by atoms with van der Waals surface area (Å²) >= 11 is 0. The molecule has 3 amide bonds. The maximum Gasteiger partial charge on any atom is 0.411 e. The molecule has 40 heavy (non-hydrogen) atoms. The Balaban J connectivity index is 1.12. The highest BCUT2D eigenvalue weighted by Crippen LogP contribution is 2.24. The number of para-hydroxylation sites is 2. The standard InChI is InChI=1S/C29H42N6O5/c1-2-39-27-10-4-3-9-26(27)32-29(37)40-22-19-34-13-15-35(16-14-34)25-8-5-7-24(23-25)31-28(36)30-11-6-12-33-17-20-38-21-18-33/h3-5,7-10,23H,2,6,11-22H2,1H3,(H,32,37)(H2,30,31,36). The van der Waals surface area contributed by atoms with Crippen molar-refractivity contribution in [3.05, 3.63) is 48.5 Å². The van der Waals surface area contributed by atoms with Gasteiger partial charge in [0.2, 0.25) is 0 Å². The molecule has 0 radical (unpaired) electrons. The van der Waals surface area contributed by atoms with E-state index in [0.717, 1.165) is 76.8 Å². The molecular formula is C29H42N6O5. The third-order valence-electron chi connectivity index (χ3n) is 6.95. The number of rotatable bonds is 12. The zero-order valence-corrected chi connectivity index (χ0v) is 23.4. The molecule has 0 atom stereocenters. The number of carbonyl (C=O) groups is 2. The Bertz CT molecular complexity index is 1070. The molecule has 2 heterocycles. The van der Waals surface area contributed by atoms with Crippen molar-refractivity contribution >= 4 is 29.2 Å². The minimum absolute atomic E-state index is 0.186. The monoisotopic (exact) mass is 554 g/mol. The highest BCUT2D eigenvalue weighted by atomic mass is 16.5. The van der Waals surface area contributed by atoms with Crippen LogP contribution in [0, 0.1) is 0 Å². The van der Waals surface area contributed by atoms with Crippen LogP contribution in [0.4, 0.5) is 26.7 Å². The second kappa shape index (κ2) is 15.9. The Hall–Kier alpha value is -3.54. The summed E-state index contributed by atoms with van der Waals surface area (Å²) in [5.41, 5.74) is 2.45. The van der Waals surface area contributed by atoms with Crippen LogP contribution in [0.5, 0.6) is 5.75 Å². The number of ether oxygens (including phenoxy) is 3. The number of hydrogen-bond acceptors (Lipinski definition) is 8. The topological polar surface area (TPSA) is 108 Å². The number of carbonyl (C=O) groups excluding carboxylic acids is 2. The fourth-order valence-corrected chi connectivity index (χ4v) is 4.78. The number of nitrogens with zero attached hydrogens (tertiary/aromatic N) is 3. The zero-order valence-electron chi connectivity index (χ0n) is 23.4. The third kappa shape index (κ3) is 9.58. The van der Waals surface area contributed by atoms with Gasteiger partial charge in [-0.25, -0.2) is 9.59 Å². The van der Waals surface area contributed by atoms with Gasteiger partial charge in [-0.05, 0) is 50.2 Å². The molecular weight excluding hydrogens is 512 g/mol. The van der Waals surface area contributed by atoms with Gasteiger partial charge in [0.15, 0.2) is 0 Å². The molecule has 2 aromatic carbocycles. The molecule has 218 valence electrons. The van der Waals surface area contributed by atoms with Gasteiger partial charge in [0.1, 0.15) is 12.4 Å². The number of piperazine rings is 1. The van der Waals surface area contributed by atoms with Crippen molar-refractivity contribution in [2.45, 2.75) is 13.3 Å². The van der Waals surface area contributed by atoms with E-state index in [1.54, 1.807) is 6.07 Å². The summed E-state index contributed by atoms with van der Waals surface area (Å²) in [6.45, 7) is 11.9. The first-order chi connectivity index (χ1) is 19.6. The molecule has 11 nitrogen and oxygen atoms in total. The normalized spacial score (nSPS) is 16.3. The number of benzene rings is 2. The highest BCUT2D eigenvalue weighted by Gasteiger charge is 2.18. The van der Waals surface area contributed by atoms with Crippen LogP contribution in [0.15, 0.2) is 48.5 Å². The van der Waals surface area contributed by atoms with E-state index in [0.29, 0.717) is 37.7 Å². The van der Waals surface area contributed by atoms with Crippen molar-refractivity contribution in [1.82, 2.24) is 15.1 Å². The molecule has 0 aliphatic carbocycles. The van der Waals surface area contributed by atoms with Crippen molar-refractivity contribution in [3.8, 4) is 5.75 Å². The van der Waals surface area contributed by atoms with Gasteiger partial charge in [0.25, 0.3) is 0 Å². The van der Waals surface area contributed by atoms with Gasteiger partial charge in [0, 0.05) is 63.7 Å². The number of anilines is 3. The van der Waals surface area contributed by atoms with Crippen LogP contribution < -0.4 is 25.6 Å². The van der Waals surface area contributed by atoms with Gasteiger partial charge in [-0.2, -0.15) is 0 Å². The molecule has 0 saturated carbocycles. The van der Waals surface area contributed by atoms with Gasteiger partial charge >= 0.3 is 12.1 Å². The summed E-state index contributed by atoms with van der Waals surface area (Å²) in [5, 5.41) is 8.66. The lowest BCUT2D eigenvalue weighted by atomic mass is 10.2. The number of hydrogen-bond donors (Lipinski definition) is 3. The van der Waals surface area contributed by atoms with E-state index in [4.69, 9.17) is 14.2 Å². The van der Waals surface area contributed by atoms with Gasteiger partial charge in [-0.15, -0.1) is 0 Å². The van der Waals surface area contributed by atoms with E-state index < -0.39 is 6.09 Å². The quantitative estimate of drug-likeness (QED) is 0.343. The van der Waals surface area contributed by atoms with Crippen LogP contribution in [0.2, 0.25) is 0 Å². The van der Waals surface area contributed by atoms with E-state index in [9.17, 15) is 9.59 Å². The summed E-state index contributed by atoms with van der Waals surface area (Å²) in [4.78, 5) is 31.6. The fraction of sp³-hybridized carbons (Fsp3) is 0.517. The molecule has 2 aliphatic rings. The SMILES string of the molecule is CCOc1ccccc1NC(=O)OCCN1CCN(c2cccc(NC(=O)NCCCN3CCOCC3)c2)CC1. The van der Waals surface area contributed by atoms with Crippen molar-refractivity contribution in [2.75, 3.05) is 101 Å². The molecule has 2 fully saturated rings. The molecule has 4 rings (SSSR count). The molecule has 11 heteroatoms. The second-order valence-electron chi connectivity index (χ2n) is 9.76. The lowest BCUT2D eigenvalue weighted by Gasteiger charge is -2.36. The third-order valence-corrected chi connectivity index (χ3v) is 6.95. The van der Waals surface area contributed by atoms with Crippen LogP contribution >= 0.6 is 0 Å². The Morgan fingerprint density at radius 2 is 1.68 bits per heavy atom.